The number of hydrogen-bond acceptors (Lipinski definition) is 5. The van der Waals surface area contributed by atoms with Gasteiger partial charge in [-0.1, -0.05) is 12.1 Å². The maximum atomic E-state index is 13.1. The molecule has 1 N–H and O–H groups in total. The number of hydrogen-bond donors (Lipinski definition) is 1. The van der Waals surface area contributed by atoms with Gasteiger partial charge in [-0.2, -0.15) is 0 Å². The molecule has 1 saturated heterocycles. The summed E-state index contributed by atoms with van der Waals surface area (Å²) in [7, 11) is 0. The van der Waals surface area contributed by atoms with Crippen LogP contribution in [0.5, 0.6) is 11.5 Å². The molecule has 6 nitrogen and oxygen atoms in total. The Kier molecular flexibility index (Phi) is 4.65. The summed E-state index contributed by atoms with van der Waals surface area (Å²) in [4.78, 5) is 18.7. The molecule has 1 aromatic carbocycles. The second-order valence-electron chi connectivity index (χ2n) is 6.71. The number of alkyl halides is 2. The molecule has 27 heavy (non-hydrogen) atoms. The fourth-order valence-electron chi connectivity index (χ4n) is 3.36. The summed E-state index contributed by atoms with van der Waals surface area (Å²) in [5.41, 5.74) is 1.66. The van der Waals surface area contributed by atoms with Crippen LogP contribution in [0, 0.1) is 5.92 Å². The zero-order valence-corrected chi connectivity index (χ0v) is 14.5. The molecule has 0 bridgehead atoms. The van der Waals surface area contributed by atoms with E-state index in [0.717, 1.165) is 24.2 Å². The summed E-state index contributed by atoms with van der Waals surface area (Å²) in [6.07, 6.45) is -1.15. The van der Waals surface area contributed by atoms with E-state index in [2.05, 4.69) is 24.7 Å². The molecule has 2 aromatic rings. The summed E-state index contributed by atoms with van der Waals surface area (Å²) >= 11 is 0. The Morgan fingerprint density at radius 1 is 1.26 bits per heavy atom. The van der Waals surface area contributed by atoms with Gasteiger partial charge in [-0.25, -0.2) is 0 Å². The van der Waals surface area contributed by atoms with E-state index in [1.807, 2.05) is 18.2 Å². The number of benzene rings is 1. The van der Waals surface area contributed by atoms with Crippen molar-refractivity contribution in [2.45, 2.75) is 25.8 Å². The Bertz CT molecular complexity index is 832. The van der Waals surface area contributed by atoms with Crippen molar-refractivity contribution in [2.75, 3.05) is 13.1 Å². The van der Waals surface area contributed by atoms with Crippen LogP contribution in [0.4, 0.5) is 8.78 Å². The van der Waals surface area contributed by atoms with Gasteiger partial charge in [0.25, 0.3) is 0 Å². The van der Waals surface area contributed by atoms with Crippen LogP contribution in [0.3, 0.4) is 0 Å². The number of nitrogens with zero attached hydrogens (tertiary/aromatic N) is 2. The van der Waals surface area contributed by atoms with Crippen molar-refractivity contribution in [1.29, 1.82) is 0 Å². The van der Waals surface area contributed by atoms with E-state index in [-0.39, 0.29) is 23.3 Å². The maximum absolute atomic E-state index is 13.1. The summed E-state index contributed by atoms with van der Waals surface area (Å²) in [6.45, 7) is 2.36. The third kappa shape index (κ3) is 4.16. The normalized spacial score (nSPS) is 20.6. The Morgan fingerprint density at radius 3 is 2.93 bits per heavy atom. The van der Waals surface area contributed by atoms with Gasteiger partial charge >= 0.3 is 6.29 Å². The van der Waals surface area contributed by atoms with Gasteiger partial charge in [0.1, 0.15) is 0 Å². The lowest BCUT2D eigenvalue weighted by molar-refractivity contribution is -0.286. The lowest BCUT2D eigenvalue weighted by atomic mass is 10.1. The summed E-state index contributed by atoms with van der Waals surface area (Å²) in [6, 6.07) is 10.4. The van der Waals surface area contributed by atoms with Gasteiger partial charge in [0.15, 0.2) is 11.5 Å². The van der Waals surface area contributed by atoms with Crippen LogP contribution >= 0.6 is 0 Å². The van der Waals surface area contributed by atoms with Crippen molar-refractivity contribution in [3.63, 3.8) is 0 Å². The maximum Gasteiger partial charge on any atom is 0.586 e. The smallest absolute Gasteiger partial charge is 0.395 e. The first-order valence-corrected chi connectivity index (χ1v) is 8.77. The molecular formula is C19H19F2N3O3. The van der Waals surface area contributed by atoms with E-state index in [4.69, 9.17) is 0 Å². The van der Waals surface area contributed by atoms with E-state index in [1.54, 1.807) is 18.3 Å². The molecule has 0 saturated carbocycles. The predicted molar refractivity (Wildman–Crippen MR) is 92.1 cm³/mol. The van der Waals surface area contributed by atoms with Gasteiger partial charge in [-0.05, 0) is 42.8 Å². The number of nitrogens with one attached hydrogen (secondary N) is 1. The minimum absolute atomic E-state index is 0.00785. The second kappa shape index (κ2) is 7.11. The number of amides is 1. The van der Waals surface area contributed by atoms with E-state index in [9.17, 15) is 13.6 Å². The first-order valence-electron chi connectivity index (χ1n) is 8.77. The largest absolute Gasteiger partial charge is 0.586 e. The molecule has 0 aliphatic carbocycles. The number of likely N-dealkylation sites (tertiary alicyclic amines) is 1. The summed E-state index contributed by atoms with van der Waals surface area (Å²) in [5.74, 6) is -0.00108. The van der Waals surface area contributed by atoms with Gasteiger partial charge in [-0.15, -0.1) is 8.78 Å². The Morgan fingerprint density at radius 2 is 2.11 bits per heavy atom. The predicted octanol–water partition coefficient (Wildman–Crippen LogP) is 2.54. The number of aromatic nitrogens is 1. The molecule has 1 unspecified atom stereocenters. The number of fused-ring (bicyclic) bond motifs is 1. The lowest BCUT2D eigenvalue weighted by Crippen LogP contribution is -2.32. The van der Waals surface area contributed by atoms with Crippen LogP contribution < -0.4 is 14.8 Å². The van der Waals surface area contributed by atoms with Crippen molar-refractivity contribution in [3.05, 3.63) is 53.9 Å². The standard InChI is InChI=1S/C19H19F2N3O3/c20-19(21)26-16-5-4-13(9-17(16)27-19)11-24-8-6-14(12-24)18(25)23-10-15-3-1-2-7-22-15/h1-5,7,9,14H,6,8,10-12H2,(H,23,25). The highest BCUT2D eigenvalue weighted by Crippen LogP contribution is 2.41. The average molecular weight is 375 g/mol. The fraction of sp³-hybridized carbons (Fsp3) is 0.368. The van der Waals surface area contributed by atoms with Gasteiger partial charge < -0.3 is 14.8 Å². The molecule has 4 rings (SSSR count). The van der Waals surface area contributed by atoms with Gasteiger partial charge in [0.2, 0.25) is 5.91 Å². The quantitative estimate of drug-likeness (QED) is 0.870. The first kappa shape index (κ1) is 17.7. The second-order valence-corrected chi connectivity index (χ2v) is 6.71. The third-order valence-corrected chi connectivity index (χ3v) is 4.68. The third-order valence-electron chi connectivity index (χ3n) is 4.68. The summed E-state index contributed by atoms with van der Waals surface area (Å²) in [5, 5.41) is 2.92. The number of carbonyl (C=O) groups excluding carboxylic acids is 1. The number of carbonyl (C=O) groups is 1. The van der Waals surface area contributed by atoms with Gasteiger partial charge in [-0.3, -0.25) is 14.7 Å². The van der Waals surface area contributed by atoms with E-state index >= 15 is 0 Å². The molecule has 2 aliphatic heterocycles. The van der Waals surface area contributed by atoms with E-state index < -0.39 is 6.29 Å². The van der Waals surface area contributed by atoms with Crippen molar-refractivity contribution in [1.82, 2.24) is 15.2 Å². The molecular weight excluding hydrogens is 356 g/mol. The monoisotopic (exact) mass is 375 g/mol. The van der Waals surface area contributed by atoms with Crippen molar-refractivity contribution in [2.24, 2.45) is 5.92 Å². The SMILES string of the molecule is O=C(NCc1ccccn1)C1CCN(Cc2ccc3c(c2)OC(F)(F)O3)C1. The van der Waals surface area contributed by atoms with Crippen molar-refractivity contribution >= 4 is 5.91 Å². The Balaban J connectivity index is 1.29. The molecule has 2 aliphatic rings. The molecule has 142 valence electrons. The van der Waals surface area contributed by atoms with Gasteiger partial charge in [0.05, 0.1) is 18.2 Å². The highest BCUT2D eigenvalue weighted by atomic mass is 19.3. The number of pyridine rings is 1. The van der Waals surface area contributed by atoms with E-state index in [0.29, 0.717) is 19.6 Å². The molecule has 1 aromatic heterocycles. The first-order chi connectivity index (χ1) is 13.0. The lowest BCUT2D eigenvalue weighted by Gasteiger charge is -2.16. The van der Waals surface area contributed by atoms with Crippen LogP contribution in [0.2, 0.25) is 0 Å². The van der Waals surface area contributed by atoms with Crippen LogP contribution in [-0.4, -0.2) is 35.2 Å². The molecule has 3 heterocycles. The number of ether oxygens (including phenoxy) is 2. The van der Waals surface area contributed by atoms with Gasteiger partial charge in [0, 0.05) is 19.3 Å². The number of rotatable bonds is 5. The minimum atomic E-state index is -3.61. The molecule has 1 atom stereocenters. The van der Waals surface area contributed by atoms with Crippen molar-refractivity contribution < 1.29 is 23.0 Å². The zero-order valence-electron chi connectivity index (χ0n) is 14.5. The highest BCUT2D eigenvalue weighted by molar-refractivity contribution is 5.79. The van der Waals surface area contributed by atoms with Crippen LogP contribution in [-0.2, 0) is 17.9 Å². The van der Waals surface area contributed by atoms with E-state index in [1.165, 1.54) is 6.07 Å². The summed E-state index contributed by atoms with van der Waals surface area (Å²) < 4.78 is 35.1. The average Bonchev–Trinajstić information content (AvgIpc) is 3.23. The highest BCUT2D eigenvalue weighted by Gasteiger charge is 2.43. The van der Waals surface area contributed by atoms with Crippen LogP contribution in [0.25, 0.3) is 0 Å². The van der Waals surface area contributed by atoms with Crippen LogP contribution in [0.1, 0.15) is 17.7 Å². The topological polar surface area (TPSA) is 63.7 Å². The molecule has 1 amide bonds. The molecule has 8 heteroatoms. The molecule has 0 radical (unpaired) electrons. The fourth-order valence-corrected chi connectivity index (χ4v) is 3.36. The zero-order chi connectivity index (χ0) is 18.9. The molecule has 0 spiro atoms. The molecule has 1 fully saturated rings. The Hall–Kier alpha value is -2.74. The minimum Gasteiger partial charge on any atom is -0.395 e. The Labute approximate surface area is 155 Å². The number of halogens is 2. The van der Waals surface area contributed by atoms with Crippen LogP contribution in [0.15, 0.2) is 42.6 Å². The van der Waals surface area contributed by atoms with Crippen molar-refractivity contribution in [3.8, 4) is 11.5 Å².